The van der Waals surface area contributed by atoms with Crippen LogP contribution >= 0.6 is 22.6 Å². The van der Waals surface area contributed by atoms with Crippen molar-refractivity contribution in [1.82, 2.24) is 0 Å². The summed E-state index contributed by atoms with van der Waals surface area (Å²) in [5.41, 5.74) is 0.918. The lowest BCUT2D eigenvalue weighted by molar-refractivity contribution is 0.186. The van der Waals surface area contributed by atoms with Gasteiger partial charge in [0.2, 0.25) is 0 Å². The molecule has 2 rings (SSSR count). The Kier molecular flexibility index (Phi) is 4.71. The molecule has 19 heavy (non-hydrogen) atoms. The quantitative estimate of drug-likeness (QED) is 0.799. The molecule has 0 spiro atoms. The van der Waals surface area contributed by atoms with E-state index in [2.05, 4.69) is 27.9 Å². The van der Waals surface area contributed by atoms with Gasteiger partial charge in [-0.1, -0.05) is 6.07 Å². The lowest BCUT2D eigenvalue weighted by Crippen LogP contribution is -2.13. The van der Waals surface area contributed by atoms with E-state index in [1.807, 2.05) is 24.3 Å². The van der Waals surface area contributed by atoms with Gasteiger partial charge < -0.3 is 10.4 Å². The number of hydrogen-bond acceptors (Lipinski definition) is 2. The first-order valence-electron chi connectivity index (χ1n) is 5.69. The predicted octanol–water partition coefficient (Wildman–Crippen LogP) is 3.71. The molecule has 0 saturated heterocycles. The molecule has 100 valence electrons. The molecule has 0 aliphatic carbocycles. The molecule has 0 aromatic heterocycles. The van der Waals surface area contributed by atoms with Crippen molar-refractivity contribution in [3.63, 3.8) is 0 Å². The number of aliphatic hydroxyl groups excluding tert-OH is 1. The molecule has 1 unspecified atom stereocenters. The van der Waals surface area contributed by atoms with Crippen LogP contribution in [-0.2, 0) is 0 Å². The molecule has 0 bridgehead atoms. The zero-order valence-corrected chi connectivity index (χ0v) is 12.1. The Balaban J connectivity index is 2.01. The van der Waals surface area contributed by atoms with Gasteiger partial charge in [0, 0.05) is 27.4 Å². The molecule has 0 amide bonds. The molecule has 0 aliphatic heterocycles. The highest BCUT2D eigenvalue weighted by Gasteiger charge is 2.13. The fourth-order valence-electron chi connectivity index (χ4n) is 1.66. The molecule has 0 heterocycles. The second kappa shape index (κ2) is 6.29. The van der Waals surface area contributed by atoms with Crippen molar-refractivity contribution in [2.45, 2.75) is 6.10 Å². The number of rotatable bonds is 4. The molecule has 2 aromatic rings. The van der Waals surface area contributed by atoms with Crippen molar-refractivity contribution in [2.24, 2.45) is 0 Å². The summed E-state index contributed by atoms with van der Waals surface area (Å²) in [7, 11) is 0. The van der Waals surface area contributed by atoms with Crippen LogP contribution in [0.3, 0.4) is 0 Å². The van der Waals surface area contributed by atoms with E-state index in [0.29, 0.717) is 0 Å². The van der Waals surface area contributed by atoms with Crippen LogP contribution < -0.4 is 5.32 Å². The normalized spacial score (nSPS) is 12.2. The summed E-state index contributed by atoms with van der Waals surface area (Å²) in [6.07, 6.45) is -1.03. The maximum absolute atomic E-state index is 13.5. The highest BCUT2D eigenvalue weighted by atomic mass is 127. The molecule has 2 N–H and O–H groups in total. The standard InChI is InChI=1S/C14H12F2INO/c15-9-1-6-12(13(16)7-9)14(19)8-18-11-4-2-10(17)3-5-11/h1-7,14,18-19H,8H2. The van der Waals surface area contributed by atoms with Gasteiger partial charge in [-0.25, -0.2) is 8.78 Å². The molecule has 1 atom stereocenters. The van der Waals surface area contributed by atoms with Gasteiger partial charge in [0.05, 0.1) is 6.10 Å². The van der Waals surface area contributed by atoms with Crippen molar-refractivity contribution in [2.75, 3.05) is 11.9 Å². The van der Waals surface area contributed by atoms with Crippen molar-refractivity contribution in [1.29, 1.82) is 0 Å². The van der Waals surface area contributed by atoms with Crippen LogP contribution in [0.25, 0.3) is 0 Å². The van der Waals surface area contributed by atoms with Gasteiger partial charge in [0.25, 0.3) is 0 Å². The maximum atomic E-state index is 13.5. The van der Waals surface area contributed by atoms with E-state index in [0.717, 1.165) is 21.4 Å². The molecule has 2 nitrogen and oxygen atoms in total. The van der Waals surface area contributed by atoms with E-state index in [1.54, 1.807) is 0 Å². The molecule has 0 saturated carbocycles. The van der Waals surface area contributed by atoms with Crippen LogP contribution in [0.2, 0.25) is 0 Å². The van der Waals surface area contributed by atoms with Crippen molar-refractivity contribution in [3.8, 4) is 0 Å². The SMILES string of the molecule is OC(CNc1ccc(I)cc1)c1ccc(F)cc1F. The van der Waals surface area contributed by atoms with Crippen molar-refractivity contribution in [3.05, 3.63) is 63.2 Å². The number of aliphatic hydroxyl groups is 1. The number of benzene rings is 2. The average molecular weight is 375 g/mol. The van der Waals surface area contributed by atoms with E-state index < -0.39 is 17.7 Å². The van der Waals surface area contributed by atoms with Crippen molar-refractivity contribution < 1.29 is 13.9 Å². The number of nitrogens with one attached hydrogen (secondary N) is 1. The van der Waals surface area contributed by atoms with Gasteiger partial charge in [0.1, 0.15) is 11.6 Å². The maximum Gasteiger partial charge on any atom is 0.131 e. The Labute approximate surface area is 123 Å². The first-order valence-corrected chi connectivity index (χ1v) is 6.76. The Morgan fingerprint density at radius 1 is 1.11 bits per heavy atom. The second-order valence-electron chi connectivity index (χ2n) is 4.07. The highest BCUT2D eigenvalue weighted by Crippen LogP contribution is 2.19. The smallest absolute Gasteiger partial charge is 0.131 e. The predicted molar refractivity (Wildman–Crippen MR) is 79.0 cm³/mol. The summed E-state index contributed by atoms with van der Waals surface area (Å²) in [5, 5.41) is 12.9. The third-order valence-corrected chi connectivity index (χ3v) is 3.38. The Morgan fingerprint density at radius 2 is 1.79 bits per heavy atom. The van der Waals surface area contributed by atoms with Gasteiger partial charge in [-0.2, -0.15) is 0 Å². The molecular formula is C14H12F2INO. The van der Waals surface area contributed by atoms with Crippen LogP contribution in [0.5, 0.6) is 0 Å². The fraction of sp³-hybridized carbons (Fsp3) is 0.143. The summed E-state index contributed by atoms with van der Waals surface area (Å²) < 4.78 is 27.3. The van der Waals surface area contributed by atoms with Crippen LogP contribution in [0, 0.1) is 15.2 Å². The van der Waals surface area contributed by atoms with Crippen LogP contribution in [0.4, 0.5) is 14.5 Å². The van der Waals surface area contributed by atoms with Gasteiger partial charge in [0.15, 0.2) is 0 Å². The lowest BCUT2D eigenvalue weighted by Gasteiger charge is -2.14. The lowest BCUT2D eigenvalue weighted by atomic mass is 10.1. The molecule has 0 fully saturated rings. The van der Waals surface area contributed by atoms with E-state index in [1.165, 1.54) is 6.07 Å². The van der Waals surface area contributed by atoms with E-state index in [4.69, 9.17) is 0 Å². The van der Waals surface area contributed by atoms with E-state index in [9.17, 15) is 13.9 Å². The summed E-state index contributed by atoms with van der Waals surface area (Å²) in [6.45, 7) is 0.156. The number of hydrogen-bond donors (Lipinski definition) is 2. The highest BCUT2D eigenvalue weighted by molar-refractivity contribution is 14.1. The second-order valence-corrected chi connectivity index (χ2v) is 5.32. The number of halogens is 3. The Morgan fingerprint density at radius 3 is 2.42 bits per heavy atom. The molecule has 2 aromatic carbocycles. The third-order valence-electron chi connectivity index (χ3n) is 2.67. The van der Waals surface area contributed by atoms with Crippen LogP contribution in [0.15, 0.2) is 42.5 Å². The van der Waals surface area contributed by atoms with Crippen LogP contribution in [0.1, 0.15) is 11.7 Å². The summed E-state index contributed by atoms with van der Waals surface area (Å²) in [6, 6.07) is 10.7. The molecular weight excluding hydrogens is 363 g/mol. The van der Waals surface area contributed by atoms with E-state index in [-0.39, 0.29) is 12.1 Å². The Hall–Kier alpha value is -1.21. The van der Waals surface area contributed by atoms with Crippen molar-refractivity contribution >= 4 is 28.3 Å². The minimum absolute atomic E-state index is 0.0828. The summed E-state index contributed by atoms with van der Waals surface area (Å²) in [4.78, 5) is 0. The molecule has 0 radical (unpaired) electrons. The molecule has 5 heteroatoms. The topological polar surface area (TPSA) is 32.3 Å². The van der Waals surface area contributed by atoms with Crippen LogP contribution in [-0.4, -0.2) is 11.7 Å². The number of anilines is 1. The third kappa shape index (κ3) is 3.87. The minimum Gasteiger partial charge on any atom is -0.386 e. The van der Waals surface area contributed by atoms with Gasteiger partial charge in [-0.05, 0) is 52.9 Å². The zero-order valence-electron chi connectivity index (χ0n) is 9.91. The average Bonchev–Trinajstić information content (AvgIpc) is 2.37. The monoisotopic (exact) mass is 375 g/mol. The molecule has 0 aliphatic rings. The fourth-order valence-corrected chi connectivity index (χ4v) is 2.02. The summed E-state index contributed by atoms with van der Waals surface area (Å²) >= 11 is 2.19. The van der Waals surface area contributed by atoms with Gasteiger partial charge >= 0.3 is 0 Å². The Bertz CT molecular complexity index is 560. The van der Waals surface area contributed by atoms with E-state index >= 15 is 0 Å². The first-order chi connectivity index (χ1) is 9.06. The first kappa shape index (κ1) is 14.2. The summed E-state index contributed by atoms with van der Waals surface area (Å²) in [5.74, 6) is -1.39. The minimum atomic E-state index is -1.03. The zero-order chi connectivity index (χ0) is 13.8. The van der Waals surface area contributed by atoms with Gasteiger partial charge in [-0.3, -0.25) is 0 Å². The largest absolute Gasteiger partial charge is 0.386 e. The van der Waals surface area contributed by atoms with Gasteiger partial charge in [-0.15, -0.1) is 0 Å².